The van der Waals surface area contributed by atoms with E-state index in [-0.39, 0.29) is 11.9 Å². The fourth-order valence-corrected chi connectivity index (χ4v) is 2.48. The number of rotatable bonds is 4. The Bertz CT molecular complexity index is 401. The molecule has 2 atom stereocenters. The summed E-state index contributed by atoms with van der Waals surface area (Å²) in [4.78, 5) is 12.5. The SMILES string of the molecule is Cc1ccc(C(=O)NC(C)CC(C)Br)c(C)c1. The van der Waals surface area contributed by atoms with Crippen LogP contribution in [-0.4, -0.2) is 16.8 Å². The van der Waals surface area contributed by atoms with E-state index in [4.69, 9.17) is 0 Å². The predicted molar refractivity (Wildman–Crippen MR) is 75.9 cm³/mol. The summed E-state index contributed by atoms with van der Waals surface area (Å²) in [6, 6.07) is 6.08. The summed E-state index contributed by atoms with van der Waals surface area (Å²) in [6.07, 6.45) is 0.927. The highest BCUT2D eigenvalue weighted by Gasteiger charge is 2.13. The molecule has 0 aromatic heterocycles. The van der Waals surface area contributed by atoms with Crippen LogP contribution >= 0.6 is 15.9 Å². The number of carbonyl (C=O) groups excluding carboxylic acids is 1. The molecule has 0 spiro atoms. The quantitative estimate of drug-likeness (QED) is 0.846. The van der Waals surface area contributed by atoms with Gasteiger partial charge in [0.1, 0.15) is 0 Å². The zero-order valence-electron chi connectivity index (χ0n) is 10.9. The van der Waals surface area contributed by atoms with E-state index in [1.54, 1.807) is 0 Å². The largest absolute Gasteiger partial charge is 0.350 e. The first-order valence-electron chi connectivity index (χ1n) is 5.92. The normalized spacial score (nSPS) is 14.2. The average molecular weight is 298 g/mol. The first kappa shape index (κ1) is 14.2. The molecule has 0 saturated carbocycles. The maximum Gasteiger partial charge on any atom is 0.251 e. The van der Waals surface area contributed by atoms with Gasteiger partial charge in [-0.05, 0) is 38.8 Å². The lowest BCUT2D eigenvalue weighted by molar-refractivity contribution is 0.0938. The van der Waals surface area contributed by atoms with E-state index < -0.39 is 0 Å². The molecule has 1 N–H and O–H groups in total. The Morgan fingerprint density at radius 1 is 1.35 bits per heavy atom. The van der Waals surface area contributed by atoms with E-state index in [0.717, 1.165) is 17.5 Å². The molecule has 0 aliphatic heterocycles. The summed E-state index contributed by atoms with van der Waals surface area (Å²) in [6.45, 7) is 8.11. The number of amides is 1. The smallest absolute Gasteiger partial charge is 0.251 e. The standard InChI is InChI=1S/C14H20BrNO/c1-9-5-6-13(10(2)7-9)14(17)16-12(4)8-11(3)15/h5-7,11-12H,8H2,1-4H3,(H,16,17). The molecule has 0 aliphatic carbocycles. The van der Waals surface area contributed by atoms with Crippen LogP contribution in [0.3, 0.4) is 0 Å². The fraction of sp³-hybridized carbons (Fsp3) is 0.500. The first-order valence-corrected chi connectivity index (χ1v) is 6.84. The molecule has 1 rings (SSSR count). The van der Waals surface area contributed by atoms with E-state index in [0.29, 0.717) is 4.83 Å². The van der Waals surface area contributed by atoms with E-state index in [2.05, 4.69) is 28.2 Å². The number of carbonyl (C=O) groups is 1. The summed E-state index contributed by atoms with van der Waals surface area (Å²) >= 11 is 3.49. The molecular weight excluding hydrogens is 278 g/mol. The van der Waals surface area contributed by atoms with Gasteiger partial charge >= 0.3 is 0 Å². The number of halogens is 1. The van der Waals surface area contributed by atoms with Gasteiger partial charge in [0.05, 0.1) is 0 Å². The molecule has 1 aromatic carbocycles. The van der Waals surface area contributed by atoms with Crippen LogP contribution in [0, 0.1) is 13.8 Å². The van der Waals surface area contributed by atoms with Gasteiger partial charge in [0.15, 0.2) is 0 Å². The number of aryl methyl sites for hydroxylation is 2. The predicted octanol–water partition coefficient (Wildman–Crippen LogP) is 3.60. The van der Waals surface area contributed by atoms with Crippen molar-refractivity contribution in [2.75, 3.05) is 0 Å². The first-order chi connectivity index (χ1) is 7.90. The van der Waals surface area contributed by atoms with Crippen molar-refractivity contribution in [2.45, 2.75) is 45.0 Å². The van der Waals surface area contributed by atoms with Gasteiger partial charge in [-0.2, -0.15) is 0 Å². The van der Waals surface area contributed by atoms with Crippen LogP contribution in [0.5, 0.6) is 0 Å². The Morgan fingerprint density at radius 2 is 2.00 bits per heavy atom. The zero-order valence-corrected chi connectivity index (χ0v) is 12.5. The third-order valence-corrected chi connectivity index (χ3v) is 3.06. The summed E-state index contributed by atoms with van der Waals surface area (Å²) < 4.78 is 0. The van der Waals surface area contributed by atoms with Crippen LogP contribution < -0.4 is 5.32 Å². The maximum absolute atomic E-state index is 12.0. The number of benzene rings is 1. The summed E-state index contributed by atoms with van der Waals surface area (Å²) in [5.41, 5.74) is 2.98. The second-order valence-electron chi connectivity index (χ2n) is 4.71. The Labute approximate surface area is 112 Å². The lowest BCUT2D eigenvalue weighted by atomic mass is 10.0. The minimum Gasteiger partial charge on any atom is -0.350 e. The Kier molecular flexibility index (Phi) is 5.19. The van der Waals surface area contributed by atoms with E-state index in [9.17, 15) is 4.79 Å². The van der Waals surface area contributed by atoms with Gasteiger partial charge in [0.2, 0.25) is 0 Å². The molecule has 1 aromatic rings. The molecule has 0 saturated heterocycles. The Balaban J connectivity index is 2.70. The van der Waals surface area contributed by atoms with Crippen molar-refractivity contribution in [2.24, 2.45) is 0 Å². The van der Waals surface area contributed by atoms with Gasteiger partial charge in [0, 0.05) is 16.4 Å². The highest BCUT2D eigenvalue weighted by atomic mass is 79.9. The van der Waals surface area contributed by atoms with Crippen LogP contribution in [-0.2, 0) is 0 Å². The van der Waals surface area contributed by atoms with Crippen molar-refractivity contribution in [3.63, 3.8) is 0 Å². The fourth-order valence-electron chi connectivity index (χ4n) is 1.92. The van der Waals surface area contributed by atoms with Crippen LogP contribution in [0.2, 0.25) is 0 Å². The number of nitrogens with one attached hydrogen (secondary N) is 1. The summed E-state index contributed by atoms with van der Waals surface area (Å²) in [5, 5.41) is 3.02. The van der Waals surface area contributed by atoms with Gasteiger partial charge in [-0.25, -0.2) is 0 Å². The second-order valence-corrected chi connectivity index (χ2v) is 6.27. The minimum atomic E-state index is 0.0168. The molecule has 17 heavy (non-hydrogen) atoms. The van der Waals surface area contributed by atoms with Crippen molar-refractivity contribution in [1.29, 1.82) is 0 Å². The van der Waals surface area contributed by atoms with Crippen LogP contribution in [0.1, 0.15) is 41.8 Å². The Morgan fingerprint density at radius 3 is 2.53 bits per heavy atom. The van der Waals surface area contributed by atoms with Gasteiger partial charge in [-0.15, -0.1) is 0 Å². The van der Waals surface area contributed by atoms with Crippen LogP contribution in [0.25, 0.3) is 0 Å². The zero-order chi connectivity index (χ0) is 13.0. The van der Waals surface area contributed by atoms with Gasteiger partial charge < -0.3 is 5.32 Å². The second kappa shape index (κ2) is 6.20. The molecule has 2 nitrogen and oxygen atoms in total. The Hall–Kier alpha value is -0.830. The summed E-state index contributed by atoms with van der Waals surface area (Å²) in [5.74, 6) is 0.0168. The molecule has 0 aliphatic rings. The minimum absolute atomic E-state index is 0.0168. The van der Waals surface area contributed by atoms with Crippen LogP contribution in [0.4, 0.5) is 0 Å². The van der Waals surface area contributed by atoms with Gasteiger partial charge in [0.25, 0.3) is 5.91 Å². The maximum atomic E-state index is 12.0. The number of hydrogen-bond acceptors (Lipinski definition) is 1. The van der Waals surface area contributed by atoms with Gasteiger partial charge in [-0.3, -0.25) is 4.79 Å². The average Bonchev–Trinajstić information content (AvgIpc) is 2.15. The monoisotopic (exact) mass is 297 g/mol. The molecular formula is C14H20BrNO. The molecule has 2 unspecified atom stereocenters. The van der Waals surface area contributed by atoms with E-state index >= 15 is 0 Å². The van der Waals surface area contributed by atoms with Gasteiger partial charge in [-0.1, -0.05) is 40.5 Å². The van der Waals surface area contributed by atoms with Crippen molar-refractivity contribution in [1.82, 2.24) is 5.32 Å². The molecule has 0 heterocycles. The van der Waals surface area contributed by atoms with Crippen molar-refractivity contribution < 1.29 is 4.79 Å². The van der Waals surface area contributed by atoms with E-state index in [1.165, 1.54) is 5.56 Å². The number of hydrogen-bond donors (Lipinski definition) is 1. The molecule has 1 amide bonds. The molecule has 0 bridgehead atoms. The van der Waals surface area contributed by atoms with Crippen molar-refractivity contribution in [3.05, 3.63) is 34.9 Å². The van der Waals surface area contributed by atoms with E-state index in [1.807, 2.05) is 39.0 Å². The lowest BCUT2D eigenvalue weighted by Gasteiger charge is -2.16. The highest BCUT2D eigenvalue weighted by molar-refractivity contribution is 9.09. The van der Waals surface area contributed by atoms with Crippen molar-refractivity contribution >= 4 is 21.8 Å². The molecule has 3 heteroatoms. The van der Waals surface area contributed by atoms with Crippen LogP contribution in [0.15, 0.2) is 18.2 Å². The molecule has 94 valence electrons. The summed E-state index contributed by atoms with van der Waals surface area (Å²) in [7, 11) is 0. The third-order valence-electron chi connectivity index (χ3n) is 2.68. The topological polar surface area (TPSA) is 29.1 Å². The molecule has 0 radical (unpaired) electrons. The van der Waals surface area contributed by atoms with Crippen molar-refractivity contribution in [3.8, 4) is 0 Å². The third kappa shape index (κ3) is 4.50. The number of alkyl halides is 1. The molecule has 0 fully saturated rings. The highest BCUT2D eigenvalue weighted by Crippen LogP contribution is 2.12. The lowest BCUT2D eigenvalue weighted by Crippen LogP contribution is -2.34.